The number of hydrogen-bond acceptors (Lipinski definition) is 7. The summed E-state index contributed by atoms with van der Waals surface area (Å²) in [6.45, 7) is 1.77. The molecule has 1 aromatic heterocycles. The number of halogens is 2. The molecule has 0 aromatic carbocycles. The minimum atomic E-state index is -0.455. The van der Waals surface area contributed by atoms with Gasteiger partial charge in [-0.05, 0) is 31.6 Å². The van der Waals surface area contributed by atoms with Gasteiger partial charge in [-0.1, -0.05) is 11.3 Å². The van der Waals surface area contributed by atoms with Crippen molar-refractivity contribution >= 4 is 44.8 Å². The fourth-order valence-corrected chi connectivity index (χ4v) is 4.97. The van der Waals surface area contributed by atoms with E-state index >= 15 is 0 Å². The van der Waals surface area contributed by atoms with Crippen LogP contribution in [-0.2, 0) is 0 Å². The molecular formula is C14H23Cl2N5OS. The van der Waals surface area contributed by atoms with Crippen molar-refractivity contribution in [2.75, 3.05) is 23.7 Å². The maximum Gasteiger partial charge on any atom is 0.209 e. The van der Waals surface area contributed by atoms with Gasteiger partial charge < -0.3 is 21.5 Å². The Morgan fingerprint density at radius 1 is 1.17 bits per heavy atom. The van der Waals surface area contributed by atoms with E-state index in [0.29, 0.717) is 23.9 Å². The van der Waals surface area contributed by atoms with Gasteiger partial charge in [-0.2, -0.15) is 0 Å². The third-order valence-electron chi connectivity index (χ3n) is 5.13. The van der Waals surface area contributed by atoms with Crippen LogP contribution in [0.5, 0.6) is 0 Å². The highest BCUT2D eigenvalue weighted by Gasteiger charge is 2.40. The smallest absolute Gasteiger partial charge is 0.209 e. The van der Waals surface area contributed by atoms with E-state index < -0.39 is 6.10 Å². The molecule has 2 heterocycles. The molecule has 1 aliphatic heterocycles. The summed E-state index contributed by atoms with van der Waals surface area (Å²) in [4.78, 5) is 2.20. The summed E-state index contributed by atoms with van der Waals surface area (Å²) in [6.07, 6.45) is 2.70. The van der Waals surface area contributed by atoms with Gasteiger partial charge in [-0.15, -0.1) is 33.4 Å². The molecule has 9 heteroatoms. The molecule has 23 heavy (non-hydrogen) atoms. The Kier molecular flexibility index (Phi) is 5.53. The van der Waals surface area contributed by atoms with Crippen LogP contribution in [0.4, 0.5) is 10.3 Å². The Hall–Kier alpha value is -0.340. The van der Waals surface area contributed by atoms with Crippen LogP contribution in [0.3, 0.4) is 0 Å². The number of alkyl halides is 2. The van der Waals surface area contributed by atoms with Crippen molar-refractivity contribution in [2.45, 2.75) is 48.6 Å². The molecule has 5 atom stereocenters. The van der Waals surface area contributed by atoms with Crippen molar-refractivity contribution in [3.63, 3.8) is 0 Å². The SMILES string of the molecule is Nc1nnc(N2CCC([C@@H](N)C3CC(Cl)C(Cl)CC3O)CC2)s1. The number of nitrogens with zero attached hydrogens (tertiary/aromatic N) is 3. The van der Waals surface area contributed by atoms with Gasteiger partial charge in [0.1, 0.15) is 0 Å². The van der Waals surface area contributed by atoms with Gasteiger partial charge in [-0.25, -0.2) is 0 Å². The van der Waals surface area contributed by atoms with Crippen LogP contribution in [0.2, 0.25) is 0 Å². The van der Waals surface area contributed by atoms with Crippen molar-refractivity contribution in [3.8, 4) is 0 Å². The van der Waals surface area contributed by atoms with Crippen LogP contribution in [0.1, 0.15) is 25.7 Å². The minimum absolute atomic E-state index is 0.0289. The predicted molar refractivity (Wildman–Crippen MR) is 95.2 cm³/mol. The van der Waals surface area contributed by atoms with Gasteiger partial charge >= 0.3 is 0 Å². The second-order valence-corrected chi connectivity index (χ2v) is 8.67. The molecule has 130 valence electrons. The van der Waals surface area contributed by atoms with Crippen LogP contribution in [-0.4, -0.2) is 51.3 Å². The fraction of sp³-hybridized carbons (Fsp3) is 0.857. The largest absolute Gasteiger partial charge is 0.393 e. The molecule has 6 nitrogen and oxygen atoms in total. The van der Waals surface area contributed by atoms with Gasteiger partial charge in [-0.3, -0.25) is 0 Å². The first kappa shape index (κ1) is 17.5. The van der Waals surface area contributed by atoms with E-state index in [4.69, 9.17) is 34.7 Å². The number of rotatable bonds is 3. The average molecular weight is 380 g/mol. The van der Waals surface area contributed by atoms with E-state index in [0.717, 1.165) is 31.1 Å². The highest BCUT2D eigenvalue weighted by molar-refractivity contribution is 7.18. The second kappa shape index (κ2) is 7.27. The Morgan fingerprint density at radius 3 is 2.43 bits per heavy atom. The third-order valence-corrected chi connectivity index (χ3v) is 7.04. The van der Waals surface area contributed by atoms with Gasteiger partial charge in [0.25, 0.3) is 0 Å². The summed E-state index contributed by atoms with van der Waals surface area (Å²) in [5, 5.41) is 19.4. The number of nitrogens with two attached hydrogens (primary N) is 2. The monoisotopic (exact) mass is 379 g/mol. The molecule has 4 unspecified atom stereocenters. The first-order valence-corrected chi connectivity index (χ1v) is 9.70. The molecule has 1 aliphatic carbocycles. The molecule has 3 rings (SSSR count). The molecular weight excluding hydrogens is 357 g/mol. The van der Waals surface area contributed by atoms with Gasteiger partial charge in [0.15, 0.2) is 0 Å². The Balaban J connectivity index is 1.56. The summed E-state index contributed by atoms with van der Waals surface area (Å²) >= 11 is 13.8. The standard InChI is InChI=1S/C14H23Cl2N5OS/c15-9-5-8(11(22)6-10(9)16)12(17)7-1-3-21(4-2-7)14-20-19-13(18)23-14/h7-12,22H,1-6,17H2,(H2,18,19)/t8?,9?,10?,11?,12-/m1/s1. The lowest BCUT2D eigenvalue weighted by atomic mass is 9.74. The molecule has 0 amide bonds. The summed E-state index contributed by atoms with van der Waals surface area (Å²) < 4.78 is 0. The lowest BCUT2D eigenvalue weighted by Crippen LogP contribution is -2.51. The maximum absolute atomic E-state index is 10.3. The fourth-order valence-electron chi connectivity index (χ4n) is 3.71. The number of piperidine rings is 1. The number of anilines is 2. The molecule has 0 spiro atoms. The lowest BCUT2D eigenvalue weighted by molar-refractivity contribution is 0.0435. The van der Waals surface area contributed by atoms with E-state index in [1.165, 1.54) is 11.3 Å². The number of aliphatic hydroxyl groups is 1. The second-order valence-electron chi connectivity index (χ2n) is 6.56. The summed E-state index contributed by atoms with van der Waals surface area (Å²) in [5.41, 5.74) is 12.1. The highest BCUT2D eigenvalue weighted by Crippen LogP contribution is 2.37. The van der Waals surface area contributed by atoms with Crippen LogP contribution in [0.25, 0.3) is 0 Å². The highest BCUT2D eigenvalue weighted by atomic mass is 35.5. The number of nitrogen functional groups attached to an aromatic ring is 1. The van der Waals surface area contributed by atoms with Crippen LogP contribution >= 0.6 is 34.5 Å². The Morgan fingerprint density at radius 2 is 1.83 bits per heavy atom. The quantitative estimate of drug-likeness (QED) is 0.690. The van der Waals surface area contributed by atoms with Crippen LogP contribution < -0.4 is 16.4 Å². The Labute approximate surface area is 150 Å². The molecule has 1 saturated heterocycles. The molecule has 0 radical (unpaired) electrons. The first-order valence-electron chi connectivity index (χ1n) is 8.01. The van der Waals surface area contributed by atoms with Crippen LogP contribution in [0, 0.1) is 11.8 Å². The zero-order valence-electron chi connectivity index (χ0n) is 12.8. The zero-order chi connectivity index (χ0) is 16.6. The molecule has 0 bridgehead atoms. The predicted octanol–water partition coefficient (Wildman–Crippen LogP) is 1.65. The lowest BCUT2D eigenvalue weighted by Gasteiger charge is -2.42. The molecule has 5 N–H and O–H groups in total. The van der Waals surface area contributed by atoms with E-state index in [2.05, 4.69) is 15.1 Å². The van der Waals surface area contributed by atoms with Crippen molar-refractivity contribution in [3.05, 3.63) is 0 Å². The number of aromatic nitrogens is 2. The van der Waals surface area contributed by atoms with Crippen molar-refractivity contribution in [2.24, 2.45) is 17.6 Å². The van der Waals surface area contributed by atoms with Gasteiger partial charge in [0, 0.05) is 25.0 Å². The number of aliphatic hydroxyl groups excluding tert-OH is 1. The summed E-state index contributed by atoms with van der Waals surface area (Å²) in [6, 6.07) is -0.0444. The van der Waals surface area contributed by atoms with Crippen molar-refractivity contribution in [1.82, 2.24) is 10.2 Å². The van der Waals surface area contributed by atoms with E-state index in [1.54, 1.807) is 0 Å². The van der Waals surface area contributed by atoms with Crippen molar-refractivity contribution in [1.29, 1.82) is 0 Å². The first-order chi connectivity index (χ1) is 11.0. The maximum atomic E-state index is 10.3. The minimum Gasteiger partial charge on any atom is -0.393 e. The zero-order valence-corrected chi connectivity index (χ0v) is 15.1. The Bertz CT molecular complexity index is 525. The van der Waals surface area contributed by atoms with Gasteiger partial charge in [0.2, 0.25) is 10.3 Å². The molecule has 2 fully saturated rings. The number of hydrogen-bond donors (Lipinski definition) is 3. The van der Waals surface area contributed by atoms with Gasteiger partial charge in [0.05, 0.1) is 16.9 Å². The molecule has 2 aliphatic rings. The van der Waals surface area contributed by atoms with E-state index in [-0.39, 0.29) is 22.7 Å². The topological polar surface area (TPSA) is 101 Å². The summed E-state index contributed by atoms with van der Waals surface area (Å²) in [7, 11) is 0. The van der Waals surface area contributed by atoms with Crippen LogP contribution in [0.15, 0.2) is 0 Å². The summed E-state index contributed by atoms with van der Waals surface area (Å²) in [5.74, 6) is 0.410. The molecule has 1 saturated carbocycles. The third kappa shape index (κ3) is 3.85. The van der Waals surface area contributed by atoms with Crippen molar-refractivity contribution < 1.29 is 5.11 Å². The normalized spacial score (nSPS) is 34.5. The van der Waals surface area contributed by atoms with E-state index in [1.807, 2.05) is 0 Å². The average Bonchev–Trinajstić information content (AvgIpc) is 2.97. The van der Waals surface area contributed by atoms with E-state index in [9.17, 15) is 5.11 Å². The molecule has 1 aromatic rings.